The Kier molecular flexibility index (Phi) is 4.55. The maximum Gasteiger partial charge on any atom is 0.354 e. The van der Waals surface area contributed by atoms with Gasteiger partial charge in [-0.25, -0.2) is 9.78 Å². The van der Waals surface area contributed by atoms with Crippen molar-refractivity contribution in [3.8, 4) is 0 Å². The molecule has 0 unspecified atom stereocenters. The summed E-state index contributed by atoms with van der Waals surface area (Å²) in [7, 11) is 1.63. The van der Waals surface area contributed by atoms with Crippen LogP contribution < -0.4 is 0 Å². The second-order valence-corrected chi connectivity index (χ2v) is 4.94. The van der Waals surface area contributed by atoms with Crippen LogP contribution in [-0.2, 0) is 6.54 Å². The van der Waals surface area contributed by atoms with Gasteiger partial charge < -0.3 is 10.0 Å². The van der Waals surface area contributed by atoms with Crippen LogP contribution in [0.25, 0.3) is 0 Å². The van der Waals surface area contributed by atoms with Crippen molar-refractivity contribution in [1.82, 2.24) is 9.88 Å². The number of hydrogen-bond donors (Lipinski definition) is 1. The molecule has 0 saturated carbocycles. The van der Waals surface area contributed by atoms with Gasteiger partial charge in [-0.2, -0.15) is 0 Å². The molecule has 0 spiro atoms. The molecule has 1 aromatic carbocycles. The fraction of sp³-hybridized carbons (Fsp3) is 0.133. The highest BCUT2D eigenvalue weighted by atomic mass is 35.5. The normalized spacial score (nSPS) is 10.2. The standard InChI is InChI=1S/C15H13ClN2O3/c1-18(9-10-5-7-11(16)8-6-10)14(19)12-3-2-4-13(17-12)15(20)21/h2-8H,9H2,1H3,(H,20,21). The number of aromatic carboxylic acids is 1. The lowest BCUT2D eigenvalue weighted by Crippen LogP contribution is -2.27. The first-order valence-electron chi connectivity index (χ1n) is 6.17. The molecule has 1 amide bonds. The van der Waals surface area contributed by atoms with Gasteiger partial charge in [0.25, 0.3) is 5.91 Å². The van der Waals surface area contributed by atoms with E-state index >= 15 is 0 Å². The third kappa shape index (κ3) is 3.79. The Morgan fingerprint density at radius 2 is 1.76 bits per heavy atom. The fourth-order valence-electron chi connectivity index (χ4n) is 1.80. The highest BCUT2D eigenvalue weighted by molar-refractivity contribution is 6.30. The third-order valence-electron chi connectivity index (χ3n) is 2.87. The SMILES string of the molecule is CN(Cc1ccc(Cl)cc1)C(=O)c1cccc(C(=O)O)n1. The summed E-state index contributed by atoms with van der Waals surface area (Å²) in [4.78, 5) is 28.4. The van der Waals surface area contributed by atoms with Gasteiger partial charge in [0.1, 0.15) is 11.4 Å². The molecular weight excluding hydrogens is 292 g/mol. The maximum atomic E-state index is 12.2. The lowest BCUT2D eigenvalue weighted by atomic mass is 10.2. The molecule has 0 atom stereocenters. The molecule has 0 bridgehead atoms. The van der Waals surface area contributed by atoms with Crippen LogP contribution in [0.2, 0.25) is 5.02 Å². The van der Waals surface area contributed by atoms with E-state index < -0.39 is 5.97 Å². The topological polar surface area (TPSA) is 70.5 Å². The largest absolute Gasteiger partial charge is 0.477 e. The van der Waals surface area contributed by atoms with Gasteiger partial charge in [-0.15, -0.1) is 0 Å². The lowest BCUT2D eigenvalue weighted by molar-refractivity contribution is 0.0690. The van der Waals surface area contributed by atoms with Crippen LogP contribution in [-0.4, -0.2) is 33.9 Å². The first-order valence-corrected chi connectivity index (χ1v) is 6.55. The number of carboxylic acids is 1. The summed E-state index contributed by atoms with van der Waals surface area (Å²) in [5, 5.41) is 9.52. The molecule has 21 heavy (non-hydrogen) atoms. The summed E-state index contributed by atoms with van der Waals surface area (Å²) in [5.74, 6) is -1.50. The van der Waals surface area contributed by atoms with Crippen molar-refractivity contribution in [1.29, 1.82) is 0 Å². The average Bonchev–Trinajstić information content (AvgIpc) is 2.49. The number of amides is 1. The van der Waals surface area contributed by atoms with E-state index in [2.05, 4.69) is 4.98 Å². The van der Waals surface area contributed by atoms with Crippen LogP contribution in [0, 0.1) is 0 Å². The molecule has 0 radical (unpaired) electrons. The molecule has 0 aliphatic rings. The van der Waals surface area contributed by atoms with E-state index in [1.165, 1.54) is 23.1 Å². The third-order valence-corrected chi connectivity index (χ3v) is 3.12. The van der Waals surface area contributed by atoms with Crippen molar-refractivity contribution < 1.29 is 14.7 Å². The molecule has 0 aliphatic heterocycles. The van der Waals surface area contributed by atoms with Crippen molar-refractivity contribution >= 4 is 23.5 Å². The number of nitrogens with zero attached hydrogens (tertiary/aromatic N) is 2. The predicted octanol–water partition coefficient (Wildman–Crippen LogP) is 2.71. The molecule has 1 heterocycles. The number of aromatic nitrogens is 1. The maximum absolute atomic E-state index is 12.2. The van der Waals surface area contributed by atoms with Crippen LogP contribution >= 0.6 is 11.6 Å². The van der Waals surface area contributed by atoms with Gasteiger partial charge in [0.05, 0.1) is 0 Å². The molecule has 1 N–H and O–H groups in total. The number of benzene rings is 1. The van der Waals surface area contributed by atoms with E-state index in [1.807, 2.05) is 12.1 Å². The number of carbonyl (C=O) groups is 2. The minimum Gasteiger partial charge on any atom is -0.477 e. The minimum atomic E-state index is -1.16. The van der Waals surface area contributed by atoms with Crippen LogP contribution in [0.15, 0.2) is 42.5 Å². The van der Waals surface area contributed by atoms with Gasteiger partial charge in [0, 0.05) is 18.6 Å². The second kappa shape index (κ2) is 6.37. The number of hydrogen-bond acceptors (Lipinski definition) is 3. The van der Waals surface area contributed by atoms with E-state index in [1.54, 1.807) is 19.2 Å². The number of pyridine rings is 1. The second-order valence-electron chi connectivity index (χ2n) is 4.50. The van der Waals surface area contributed by atoms with Crippen molar-refractivity contribution in [2.45, 2.75) is 6.54 Å². The Morgan fingerprint density at radius 3 is 2.38 bits per heavy atom. The van der Waals surface area contributed by atoms with Crippen molar-refractivity contribution in [3.63, 3.8) is 0 Å². The summed E-state index contributed by atoms with van der Waals surface area (Å²) in [5.41, 5.74) is 0.872. The fourth-order valence-corrected chi connectivity index (χ4v) is 1.93. The minimum absolute atomic E-state index is 0.103. The Hall–Kier alpha value is -2.40. The summed E-state index contributed by atoms with van der Waals surface area (Å²) < 4.78 is 0. The highest BCUT2D eigenvalue weighted by Crippen LogP contribution is 2.12. The van der Waals surface area contributed by atoms with Gasteiger partial charge in [-0.3, -0.25) is 4.79 Å². The van der Waals surface area contributed by atoms with Gasteiger partial charge in [0.2, 0.25) is 0 Å². The van der Waals surface area contributed by atoms with Crippen LogP contribution in [0.4, 0.5) is 0 Å². The van der Waals surface area contributed by atoms with Crippen molar-refractivity contribution in [3.05, 3.63) is 64.4 Å². The average molecular weight is 305 g/mol. The van der Waals surface area contributed by atoms with Crippen molar-refractivity contribution in [2.75, 3.05) is 7.05 Å². The van der Waals surface area contributed by atoms with E-state index in [0.29, 0.717) is 11.6 Å². The molecule has 0 fully saturated rings. The van der Waals surface area contributed by atoms with Gasteiger partial charge in [-0.05, 0) is 29.8 Å². The molecule has 2 aromatic rings. The summed E-state index contributed by atoms with van der Waals surface area (Å²) in [6.07, 6.45) is 0. The van der Waals surface area contributed by atoms with E-state index in [-0.39, 0.29) is 17.3 Å². The monoisotopic (exact) mass is 304 g/mol. The predicted molar refractivity (Wildman–Crippen MR) is 78.4 cm³/mol. The smallest absolute Gasteiger partial charge is 0.354 e. The van der Waals surface area contributed by atoms with Crippen LogP contribution in [0.3, 0.4) is 0 Å². The molecule has 0 saturated heterocycles. The van der Waals surface area contributed by atoms with Gasteiger partial charge in [-0.1, -0.05) is 29.8 Å². The van der Waals surface area contributed by atoms with Crippen LogP contribution in [0.5, 0.6) is 0 Å². The summed E-state index contributed by atoms with van der Waals surface area (Å²) >= 11 is 5.81. The Morgan fingerprint density at radius 1 is 1.14 bits per heavy atom. The molecule has 5 nitrogen and oxygen atoms in total. The first kappa shape index (κ1) is 15.0. The molecule has 6 heteroatoms. The number of halogens is 1. The Bertz CT molecular complexity index is 671. The molecule has 108 valence electrons. The van der Waals surface area contributed by atoms with E-state index in [4.69, 9.17) is 16.7 Å². The Balaban J connectivity index is 2.13. The van der Waals surface area contributed by atoms with Crippen LogP contribution in [0.1, 0.15) is 26.5 Å². The lowest BCUT2D eigenvalue weighted by Gasteiger charge is -2.17. The highest BCUT2D eigenvalue weighted by Gasteiger charge is 2.15. The van der Waals surface area contributed by atoms with E-state index in [9.17, 15) is 9.59 Å². The quantitative estimate of drug-likeness (QED) is 0.943. The summed E-state index contributed by atoms with van der Waals surface area (Å²) in [6, 6.07) is 11.5. The van der Waals surface area contributed by atoms with Gasteiger partial charge >= 0.3 is 5.97 Å². The Labute approximate surface area is 126 Å². The van der Waals surface area contributed by atoms with Gasteiger partial charge in [0.15, 0.2) is 0 Å². The number of rotatable bonds is 4. The number of carboxylic acid groups (broad SMARTS) is 1. The summed E-state index contributed by atoms with van der Waals surface area (Å²) in [6.45, 7) is 0.384. The molecular formula is C15H13ClN2O3. The first-order chi connectivity index (χ1) is 9.97. The number of carbonyl (C=O) groups excluding carboxylic acids is 1. The molecule has 0 aliphatic carbocycles. The zero-order chi connectivity index (χ0) is 15.4. The van der Waals surface area contributed by atoms with Crippen molar-refractivity contribution in [2.24, 2.45) is 0 Å². The molecule has 2 rings (SSSR count). The van der Waals surface area contributed by atoms with E-state index in [0.717, 1.165) is 5.56 Å². The zero-order valence-corrected chi connectivity index (χ0v) is 12.0. The zero-order valence-electron chi connectivity index (χ0n) is 11.3. The molecule has 1 aromatic heterocycles.